The molecule has 2 aromatic rings. The summed E-state index contributed by atoms with van der Waals surface area (Å²) in [5.41, 5.74) is 2.01. The van der Waals surface area contributed by atoms with Gasteiger partial charge < -0.3 is 5.32 Å². The summed E-state index contributed by atoms with van der Waals surface area (Å²) in [6, 6.07) is 13.1. The SMILES string of the molecule is CC(=O)c1cccc(NC(=O)CSCc2cccc(F)c2)c1. The highest BCUT2D eigenvalue weighted by molar-refractivity contribution is 7.99. The summed E-state index contributed by atoms with van der Waals surface area (Å²) in [5, 5.41) is 2.75. The number of Topliss-reactive ketones (excluding diaryl/α,β-unsaturated/α-hetero) is 1. The Morgan fingerprint density at radius 3 is 2.64 bits per heavy atom. The molecule has 0 unspecified atom stereocenters. The van der Waals surface area contributed by atoms with Crippen molar-refractivity contribution in [2.45, 2.75) is 12.7 Å². The van der Waals surface area contributed by atoms with Crippen molar-refractivity contribution in [1.29, 1.82) is 0 Å². The van der Waals surface area contributed by atoms with Crippen LogP contribution in [0.4, 0.5) is 10.1 Å². The third-order valence-electron chi connectivity index (χ3n) is 2.94. The first-order chi connectivity index (χ1) is 10.5. The molecule has 2 rings (SSSR count). The van der Waals surface area contributed by atoms with Crippen LogP contribution in [0.5, 0.6) is 0 Å². The quantitative estimate of drug-likeness (QED) is 0.822. The van der Waals surface area contributed by atoms with Crippen LogP contribution in [-0.2, 0) is 10.5 Å². The Hall–Kier alpha value is -2.14. The van der Waals surface area contributed by atoms with Gasteiger partial charge >= 0.3 is 0 Å². The van der Waals surface area contributed by atoms with Gasteiger partial charge in [0.15, 0.2) is 5.78 Å². The Morgan fingerprint density at radius 2 is 1.91 bits per heavy atom. The van der Waals surface area contributed by atoms with Crippen LogP contribution in [0.2, 0.25) is 0 Å². The first kappa shape index (κ1) is 16.2. The average Bonchev–Trinajstić information content (AvgIpc) is 2.47. The minimum absolute atomic E-state index is 0.0448. The zero-order valence-electron chi connectivity index (χ0n) is 12.1. The molecule has 0 aromatic heterocycles. The molecule has 2 aromatic carbocycles. The van der Waals surface area contributed by atoms with Gasteiger partial charge in [0.2, 0.25) is 5.91 Å². The molecule has 0 spiro atoms. The van der Waals surface area contributed by atoms with Crippen LogP contribution in [-0.4, -0.2) is 17.4 Å². The van der Waals surface area contributed by atoms with Crippen molar-refractivity contribution in [3.05, 3.63) is 65.5 Å². The summed E-state index contributed by atoms with van der Waals surface area (Å²) in [6.45, 7) is 1.48. The Balaban J connectivity index is 1.83. The van der Waals surface area contributed by atoms with Crippen molar-refractivity contribution in [2.24, 2.45) is 0 Å². The van der Waals surface area contributed by atoms with Gasteiger partial charge in [-0.05, 0) is 36.8 Å². The van der Waals surface area contributed by atoms with Crippen LogP contribution in [0.15, 0.2) is 48.5 Å². The van der Waals surface area contributed by atoms with Gasteiger partial charge in [-0.2, -0.15) is 0 Å². The smallest absolute Gasteiger partial charge is 0.234 e. The standard InChI is InChI=1S/C17H16FNO2S/c1-12(20)14-5-3-7-16(9-14)19-17(21)11-22-10-13-4-2-6-15(18)8-13/h2-9H,10-11H2,1H3,(H,19,21). The summed E-state index contributed by atoms with van der Waals surface area (Å²) in [7, 11) is 0. The van der Waals surface area contributed by atoms with Gasteiger partial charge in [0, 0.05) is 17.0 Å². The molecular formula is C17H16FNO2S. The van der Waals surface area contributed by atoms with Crippen molar-refractivity contribution in [3.8, 4) is 0 Å². The second-order valence-electron chi connectivity index (χ2n) is 4.81. The Bertz CT molecular complexity index is 688. The molecule has 114 valence electrons. The molecule has 0 aliphatic heterocycles. The lowest BCUT2D eigenvalue weighted by Gasteiger charge is -2.06. The fraction of sp³-hybridized carbons (Fsp3) is 0.176. The lowest BCUT2D eigenvalue weighted by Crippen LogP contribution is -2.14. The molecule has 3 nitrogen and oxygen atoms in total. The average molecular weight is 317 g/mol. The highest BCUT2D eigenvalue weighted by Crippen LogP contribution is 2.15. The summed E-state index contributed by atoms with van der Waals surface area (Å²) in [5.74, 6) is 0.363. The van der Waals surface area contributed by atoms with E-state index in [0.717, 1.165) is 5.56 Å². The van der Waals surface area contributed by atoms with Crippen LogP contribution >= 0.6 is 11.8 Å². The largest absolute Gasteiger partial charge is 0.325 e. The molecule has 0 radical (unpaired) electrons. The number of hydrogen-bond acceptors (Lipinski definition) is 3. The van der Waals surface area contributed by atoms with E-state index in [1.807, 2.05) is 6.07 Å². The van der Waals surface area contributed by atoms with Crippen LogP contribution in [0.1, 0.15) is 22.8 Å². The van der Waals surface area contributed by atoms with E-state index in [2.05, 4.69) is 5.32 Å². The molecule has 1 amide bonds. The van der Waals surface area contributed by atoms with Gasteiger partial charge in [-0.1, -0.05) is 24.3 Å². The lowest BCUT2D eigenvalue weighted by molar-refractivity contribution is -0.113. The number of anilines is 1. The zero-order chi connectivity index (χ0) is 15.9. The molecule has 1 N–H and O–H groups in total. The summed E-state index contributed by atoms with van der Waals surface area (Å²) < 4.78 is 13.0. The predicted octanol–water partition coefficient (Wildman–Crippen LogP) is 3.90. The molecule has 0 atom stereocenters. The number of carbonyl (C=O) groups is 2. The number of benzene rings is 2. The first-order valence-electron chi connectivity index (χ1n) is 6.77. The number of ketones is 1. The maximum atomic E-state index is 13.0. The second-order valence-corrected chi connectivity index (χ2v) is 5.79. The molecular weight excluding hydrogens is 301 g/mol. The number of amides is 1. The molecule has 22 heavy (non-hydrogen) atoms. The molecule has 5 heteroatoms. The zero-order valence-corrected chi connectivity index (χ0v) is 13.0. The topological polar surface area (TPSA) is 46.2 Å². The van der Waals surface area contributed by atoms with E-state index in [1.165, 1.54) is 30.8 Å². The molecule has 0 aliphatic carbocycles. The van der Waals surface area contributed by atoms with Crippen LogP contribution in [0.25, 0.3) is 0 Å². The fourth-order valence-electron chi connectivity index (χ4n) is 1.90. The maximum absolute atomic E-state index is 13.0. The van der Waals surface area contributed by atoms with E-state index in [4.69, 9.17) is 0 Å². The number of rotatable bonds is 6. The molecule has 0 bridgehead atoms. The van der Waals surface area contributed by atoms with E-state index >= 15 is 0 Å². The van der Waals surface area contributed by atoms with Gasteiger partial charge in [-0.25, -0.2) is 4.39 Å². The van der Waals surface area contributed by atoms with Crippen molar-refractivity contribution < 1.29 is 14.0 Å². The minimum Gasteiger partial charge on any atom is -0.325 e. The van der Waals surface area contributed by atoms with E-state index in [0.29, 0.717) is 17.0 Å². The molecule has 0 fully saturated rings. The number of hydrogen-bond donors (Lipinski definition) is 1. The third-order valence-corrected chi connectivity index (χ3v) is 3.95. The van der Waals surface area contributed by atoms with E-state index in [-0.39, 0.29) is 23.3 Å². The fourth-order valence-corrected chi connectivity index (χ4v) is 2.68. The van der Waals surface area contributed by atoms with Crippen molar-refractivity contribution in [2.75, 3.05) is 11.1 Å². The van der Waals surface area contributed by atoms with E-state index in [9.17, 15) is 14.0 Å². The summed E-state index contributed by atoms with van der Waals surface area (Å²) in [4.78, 5) is 23.2. The van der Waals surface area contributed by atoms with Gasteiger partial charge in [-0.15, -0.1) is 11.8 Å². The number of halogens is 1. The Morgan fingerprint density at radius 1 is 1.14 bits per heavy atom. The van der Waals surface area contributed by atoms with Crippen molar-refractivity contribution in [1.82, 2.24) is 0 Å². The normalized spacial score (nSPS) is 10.3. The van der Waals surface area contributed by atoms with E-state index in [1.54, 1.807) is 30.3 Å². The monoisotopic (exact) mass is 317 g/mol. The number of carbonyl (C=O) groups excluding carboxylic acids is 2. The van der Waals surface area contributed by atoms with Gasteiger partial charge in [0.05, 0.1) is 5.75 Å². The molecule has 0 saturated carbocycles. The molecule has 0 saturated heterocycles. The lowest BCUT2D eigenvalue weighted by atomic mass is 10.1. The number of thioether (sulfide) groups is 1. The van der Waals surface area contributed by atoms with E-state index < -0.39 is 0 Å². The third kappa shape index (κ3) is 5.00. The highest BCUT2D eigenvalue weighted by Gasteiger charge is 2.05. The predicted molar refractivity (Wildman–Crippen MR) is 87.6 cm³/mol. The van der Waals surface area contributed by atoms with Crippen LogP contribution in [0.3, 0.4) is 0 Å². The van der Waals surface area contributed by atoms with Gasteiger partial charge in [-0.3, -0.25) is 9.59 Å². The Kier molecular flexibility index (Phi) is 5.72. The number of nitrogens with one attached hydrogen (secondary N) is 1. The van der Waals surface area contributed by atoms with Crippen LogP contribution < -0.4 is 5.32 Å². The summed E-state index contributed by atoms with van der Waals surface area (Å²) >= 11 is 1.41. The second kappa shape index (κ2) is 7.75. The maximum Gasteiger partial charge on any atom is 0.234 e. The highest BCUT2D eigenvalue weighted by atomic mass is 32.2. The first-order valence-corrected chi connectivity index (χ1v) is 7.93. The Labute approximate surface area is 132 Å². The van der Waals surface area contributed by atoms with Gasteiger partial charge in [0.25, 0.3) is 0 Å². The summed E-state index contributed by atoms with van der Waals surface area (Å²) in [6.07, 6.45) is 0. The minimum atomic E-state index is -0.274. The van der Waals surface area contributed by atoms with Crippen molar-refractivity contribution >= 4 is 29.1 Å². The van der Waals surface area contributed by atoms with Gasteiger partial charge in [0.1, 0.15) is 5.82 Å². The van der Waals surface area contributed by atoms with Crippen molar-refractivity contribution in [3.63, 3.8) is 0 Å². The molecule has 0 aliphatic rings. The molecule has 0 heterocycles. The van der Waals surface area contributed by atoms with Crippen LogP contribution in [0, 0.1) is 5.82 Å².